The monoisotopic (exact) mass is 274 g/mol. The number of aromatic nitrogens is 2. The highest BCUT2D eigenvalue weighted by Gasteiger charge is 2.25. The van der Waals surface area contributed by atoms with Crippen molar-refractivity contribution in [1.82, 2.24) is 14.5 Å². The molecular weight excluding hydrogens is 252 g/mol. The van der Waals surface area contributed by atoms with Crippen molar-refractivity contribution in [3.63, 3.8) is 0 Å². The van der Waals surface area contributed by atoms with E-state index in [1.807, 2.05) is 6.92 Å². The van der Waals surface area contributed by atoms with Gasteiger partial charge in [-0.2, -0.15) is 5.10 Å². The first kappa shape index (κ1) is 15.0. The third-order valence-corrected chi connectivity index (χ3v) is 4.67. The molecule has 0 spiro atoms. The lowest BCUT2D eigenvalue weighted by atomic mass is 10.2. The van der Waals surface area contributed by atoms with Crippen LogP contribution < -0.4 is 10.5 Å². The Morgan fingerprint density at radius 2 is 2.11 bits per heavy atom. The standard InChI is InChI=1S/C11H22N4O2S/c1-5-6-7-8(2)14-18(16,17)10-9(3)15(4)13-11(10)12/h8,14H,5-7H2,1-4H3,(H2,12,13). The van der Waals surface area contributed by atoms with Gasteiger partial charge in [0.15, 0.2) is 5.82 Å². The summed E-state index contributed by atoms with van der Waals surface area (Å²) in [5.74, 6) is 0.0465. The minimum atomic E-state index is -3.59. The number of hydrogen-bond acceptors (Lipinski definition) is 4. The Hall–Kier alpha value is -1.08. The van der Waals surface area contributed by atoms with Crippen LogP contribution in [-0.4, -0.2) is 24.2 Å². The SMILES string of the molecule is CCCCC(C)NS(=O)(=O)c1c(N)nn(C)c1C. The number of aryl methyl sites for hydroxylation is 1. The van der Waals surface area contributed by atoms with Crippen LogP contribution in [0.1, 0.15) is 38.8 Å². The largest absolute Gasteiger partial charge is 0.381 e. The van der Waals surface area contributed by atoms with Gasteiger partial charge in [0.25, 0.3) is 0 Å². The zero-order valence-corrected chi connectivity index (χ0v) is 12.2. The van der Waals surface area contributed by atoms with Crippen LogP contribution in [0.5, 0.6) is 0 Å². The van der Waals surface area contributed by atoms with Crippen LogP contribution in [0.4, 0.5) is 5.82 Å². The van der Waals surface area contributed by atoms with E-state index in [1.165, 1.54) is 4.68 Å². The predicted octanol–water partition coefficient (Wildman–Crippen LogP) is 1.17. The Morgan fingerprint density at radius 3 is 2.56 bits per heavy atom. The summed E-state index contributed by atoms with van der Waals surface area (Å²) in [6, 6.07) is -0.103. The highest BCUT2D eigenvalue weighted by molar-refractivity contribution is 7.89. The summed E-state index contributed by atoms with van der Waals surface area (Å²) in [7, 11) is -1.92. The number of anilines is 1. The van der Waals surface area contributed by atoms with Crippen molar-refractivity contribution in [2.75, 3.05) is 5.73 Å². The third-order valence-electron chi connectivity index (χ3n) is 2.92. The second-order valence-electron chi connectivity index (χ2n) is 4.59. The minimum Gasteiger partial charge on any atom is -0.381 e. The number of nitrogens with zero attached hydrogens (tertiary/aromatic N) is 2. The van der Waals surface area contributed by atoms with E-state index >= 15 is 0 Å². The number of rotatable bonds is 6. The molecule has 0 saturated carbocycles. The van der Waals surface area contributed by atoms with Crippen molar-refractivity contribution < 1.29 is 8.42 Å². The highest BCUT2D eigenvalue weighted by atomic mass is 32.2. The molecular formula is C11H22N4O2S. The molecule has 1 rings (SSSR count). The first-order valence-electron chi connectivity index (χ1n) is 6.11. The van der Waals surface area contributed by atoms with Gasteiger partial charge in [-0.3, -0.25) is 4.68 Å². The summed E-state index contributed by atoms with van der Waals surface area (Å²) < 4.78 is 28.5. The average Bonchev–Trinajstić information content (AvgIpc) is 2.49. The number of hydrogen-bond donors (Lipinski definition) is 2. The zero-order chi connectivity index (χ0) is 13.9. The van der Waals surface area contributed by atoms with Gasteiger partial charge < -0.3 is 5.73 Å². The molecule has 0 amide bonds. The summed E-state index contributed by atoms with van der Waals surface area (Å²) in [5.41, 5.74) is 6.20. The maximum Gasteiger partial charge on any atom is 0.246 e. The van der Waals surface area contributed by atoms with Gasteiger partial charge in [0.2, 0.25) is 10.0 Å². The number of nitrogen functional groups attached to an aromatic ring is 1. The van der Waals surface area contributed by atoms with Crippen molar-refractivity contribution in [3.05, 3.63) is 5.69 Å². The number of nitrogens with one attached hydrogen (secondary N) is 1. The van der Waals surface area contributed by atoms with Crippen molar-refractivity contribution in [2.24, 2.45) is 7.05 Å². The van der Waals surface area contributed by atoms with Gasteiger partial charge in [-0.05, 0) is 20.3 Å². The fraction of sp³-hybridized carbons (Fsp3) is 0.727. The Balaban J connectivity index is 2.93. The fourth-order valence-corrected chi connectivity index (χ4v) is 3.44. The molecule has 0 saturated heterocycles. The Morgan fingerprint density at radius 1 is 1.50 bits per heavy atom. The molecule has 0 aliphatic carbocycles. The summed E-state index contributed by atoms with van der Waals surface area (Å²) in [6.45, 7) is 5.62. The molecule has 1 atom stereocenters. The van der Waals surface area contributed by atoms with Gasteiger partial charge in [0.1, 0.15) is 4.90 Å². The molecule has 0 fully saturated rings. The Bertz CT molecular complexity index is 507. The first-order chi connectivity index (χ1) is 8.29. The van der Waals surface area contributed by atoms with Crippen LogP contribution in [0.2, 0.25) is 0 Å². The van der Waals surface area contributed by atoms with Crippen LogP contribution in [0.3, 0.4) is 0 Å². The highest BCUT2D eigenvalue weighted by Crippen LogP contribution is 2.21. The van der Waals surface area contributed by atoms with E-state index < -0.39 is 10.0 Å². The first-order valence-corrected chi connectivity index (χ1v) is 7.59. The van der Waals surface area contributed by atoms with E-state index in [2.05, 4.69) is 16.7 Å². The average molecular weight is 274 g/mol. The molecule has 1 aromatic rings. The van der Waals surface area contributed by atoms with E-state index in [-0.39, 0.29) is 16.8 Å². The third kappa shape index (κ3) is 3.23. The Labute approximate surface area is 109 Å². The fourth-order valence-electron chi connectivity index (χ4n) is 1.84. The zero-order valence-electron chi connectivity index (χ0n) is 11.4. The lowest BCUT2D eigenvalue weighted by molar-refractivity contribution is 0.534. The normalized spacial score (nSPS) is 13.8. The van der Waals surface area contributed by atoms with E-state index in [0.717, 1.165) is 19.3 Å². The number of sulfonamides is 1. The predicted molar refractivity (Wildman–Crippen MR) is 71.7 cm³/mol. The molecule has 1 unspecified atom stereocenters. The second-order valence-corrected chi connectivity index (χ2v) is 6.24. The molecule has 0 aliphatic heterocycles. The molecule has 1 aromatic heterocycles. The lowest BCUT2D eigenvalue weighted by Crippen LogP contribution is -2.33. The van der Waals surface area contributed by atoms with Crippen molar-refractivity contribution in [2.45, 2.75) is 51.0 Å². The van der Waals surface area contributed by atoms with Gasteiger partial charge in [0, 0.05) is 13.1 Å². The summed E-state index contributed by atoms with van der Waals surface area (Å²) in [6.07, 6.45) is 2.85. The van der Waals surface area contributed by atoms with E-state index in [1.54, 1.807) is 14.0 Å². The molecule has 18 heavy (non-hydrogen) atoms. The maximum atomic E-state index is 12.2. The smallest absolute Gasteiger partial charge is 0.246 e. The van der Waals surface area contributed by atoms with Crippen LogP contribution in [0.25, 0.3) is 0 Å². The molecule has 6 nitrogen and oxygen atoms in total. The van der Waals surface area contributed by atoms with Gasteiger partial charge in [-0.15, -0.1) is 0 Å². The summed E-state index contributed by atoms with van der Waals surface area (Å²) in [5, 5.41) is 3.92. The van der Waals surface area contributed by atoms with Crippen molar-refractivity contribution >= 4 is 15.8 Å². The summed E-state index contributed by atoms with van der Waals surface area (Å²) >= 11 is 0. The second kappa shape index (κ2) is 5.71. The molecule has 0 aliphatic rings. The minimum absolute atomic E-state index is 0.0465. The topological polar surface area (TPSA) is 90.0 Å². The lowest BCUT2D eigenvalue weighted by Gasteiger charge is -2.13. The molecule has 7 heteroatoms. The van der Waals surface area contributed by atoms with Crippen LogP contribution in [-0.2, 0) is 17.1 Å². The molecule has 1 heterocycles. The maximum absolute atomic E-state index is 12.2. The molecule has 0 radical (unpaired) electrons. The molecule has 0 aromatic carbocycles. The molecule has 0 bridgehead atoms. The van der Waals surface area contributed by atoms with Gasteiger partial charge in [0.05, 0.1) is 5.69 Å². The van der Waals surface area contributed by atoms with Gasteiger partial charge in [-0.25, -0.2) is 13.1 Å². The van der Waals surface area contributed by atoms with Gasteiger partial charge in [-0.1, -0.05) is 19.8 Å². The summed E-state index contributed by atoms with van der Waals surface area (Å²) in [4.78, 5) is 0.0911. The number of unbranched alkanes of at least 4 members (excludes halogenated alkanes) is 1. The Kier molecular flexibility index (Phi) is 4.75. The quantitative estimate of drug-likeness (QED) is 0.814. The van der Waals surface area contributed by atoms with Crippen LogP contribution in [0.15, 0.2) is 4.90 Å². The van der Waals surface area contributed by atoms with E-state index in [9.17, 15) is 8.42 Å². The van der Waals surface area contributed by atoms with Crippen molar-refractivity contribution in [1.29, 1.82) is 0 Å². The van der Waals surface area contributed by atoms with Crippen molar-refractivity contribution in [3.8, 4) is 0 Å². The van der Waals surface area contributed by atoms with Crippen LogP contribution >= 0.6 is 0 Å². The molecule has 104 valence electrons. The number of nitrogens with two attached hydrogens (primary N) is 1. The van der Waals surface area contributed by atoms with E-state index in [0.29, 0.717) is 5.69 Å². The van der Waals surface area contributed by atoms with Crippen LogP contribution in [0, 0.1) is 6.92 Å². The van der Waals surface area contributed by atoms with E-state index in [4.69, 9.17) is 5.73 Å². The molecule has 3 N–H and O–H groups in total. The van der Waals surface area contributed by atoms with Gasteiger partial charge >= 0.3 is 0 Å².